The number of benzene rings is 2. The topological polar surface area (TPSA) is 58.2 Å². The second kappa shape index (κ2) is 7.09. The molecule has 1 aliphatic carbocycles. The fraction of sp³-hybridized carbons (Fsp3) is 0.333. The molecule has 2 unspecified atom stereocenters. The largest absolute Gasteiger partial charge is 0.326 e. The molecule has 130 valence electrons. The number of carbonyl (C=O) groups is 2. The van der Waals surface area contributed by atoms with Crippen molar-refractivity contribution in [3.05, 3.63) is 59.7 Å². The van der Waals surface area contributed by atoms with Crippen molar-refractivity contribution in [2.45, 2.75) is 33.1 Å². The molecule has 2 amide bonds. The van der Waals surface area contributed by atoms with Crippen LogP contribution in [0.15, 0.2) is 48.5 Å². The van der Waals surface area contributed by atoms with E-state index in [1.165, 1.54) is 0 Å². The van der Waals surface area contributed by atoms with Crippen LogP contribution in [0.4, 0.5) is 11.4 Å². The van der Waals surface area contributed by atoms with Gasteiger partial charge in [0.2, 0.25) is 11.8 Å². The molecule has 4 heteroatoms. The maximum Gasteiger partial charge on any atom is 0.228 e. The van der Waals surface area contributed by atoms with Gasteiger partial charge in [0, 0.05) is 11.4 Å². The van der Waals surface area contributed by atoms with Gasteiger partial charge in [0.05, 0.1) is 11.8 Å². The number of para-hydroxylation sites is 2. The van der Waals surface area contributed by atoms with Crippen LogP contribution in [-0.4, -0.2) is 11.8 Å². The smallest absolute Gasteiger partial charge is 0.228 e. The Balaban J connectivity index is 1.64. The molecular formula is C21H24N2O2. The van der Waals surface area contributed by atoms with Crippen LogP contribution < -0.4 is 10.6 Å². The number of aryl methyl sites for hydroxylation is 1. The van der Waals surface area contributed by atoms with E-state index in [2.05, 4.69) is 24.5 Å². The monoisotopic (exact) mass is 336 g/mol. The molecule has 0 radical (unpaired) electrons. The zero-order valence-corrected chi connectivity index (χ0v) is 14.9. The molecule has 2 atom stereocenters. The third kappa shape index (κ3) is 3.90. The van der Waals surface area contributed by atoms with Crippen molar-refractivity contribution in [3.8, 4) is 0 Å². The molecule has 4 nitrogen and oxygen atoms in total. The summed E-state index contributed by atoms with van der Waals surface area (Å²) < 4.78 is 0. The van der Waals surface area contributed by atoms with Crippen molar-refractivity contribution in [2.24, 2.45) is 11.8 Å². The number of rotatable bonds is 5. The van der Waals surface area contributed by atoms with Crippen LogP contribution in [0, 0.1) is 18.8 Å². The van der Waals surface area contributed by atoms with Gasteiger partial charge >= 0.3 is 0 Å². The summed E-state index contributed by atoms with van der Waals surface area (Å²) >= 11 is 0. The Labute approximate surface area is 148 Å². The fourth-order valence-corrected chi connectivity index (χ4v) is 3.09. The normalized spacial score (nSPS) is 18.7. The molecule has 0 aromatic heterocycles. The predicted octanol–water partition coefficient (Wildman–Crippen LogP) is 4.33. The van der Waals surface area contributed by atoms with Crippen molar-refractivity contribution >= 4 is 23.2 Å². The lowest BCUT2D eigenvalue weighted by Crippen LogP contribution is -2.21. The minimum atomic E-state index is -0.247. The summed E-state index contributed by atoms with van der Waals surface area (Å²) in [6.07, 6.45) is 0.605. The van der Waals surface area contributed by atoms with Crippen LogP contribution in [0.2, 0.25) is 0 Å². The highest BCUT2D eigenvalue weighted by atomic mass is 16.2. The van der Waals surface area contributed by atoms with E-state index in [4.69, 9.17) is 0 Å². The van der Waals surface area contributed by atoms with E-state index < -0.39 is 0 Å². The fourth-order valence-electron chi connectivity index (χ4n) is 3.09. The van der Waals surface area contributed by atoms with Gasteiger partial charge < -0.3 is 10.6 Å². The molecule has 3 rings (SSSR count). The first-order valence-electron chi connectivity index (χ1n) is 8.73. The summed E-state index contributed by atoms with van der Waals surface area (Å²) in [4.78, 5) is 24.9. The summed E-state index contributed by atoms with van der Waals surface area (Å²) in [7, 11) is 0. The quantitative estimate of drug-likeness (QED) is 0.854. The molecule has 0 spiro atoms. The molecule has 1 aliphatic rings. The molecule has 25 heavy (non-hydrogen) atoms. The van der Waals surface area contributed by atoms with E-state index in [9.17, 15) is 9.59 Å². The lowest BCUT2D eigenvalue weighted by atomic mass is 9.98. The third-order valence-electron chi connectivity index (χ3n) is 4.68. The summed E-state index contributed by atoms with van der Waals surface area (Å²) in [6, 6.07) is 15.4. The first-order valence-corrected chi connectivity index (χ1v) is 8.73. The number of amides is 2. The molecule has 0 heterocycles. The van der Waals surface area contributed by atoms with Gasteiger partial charge in [-0.25, -0.2) is 0 Å². The molecule has 1 saturated carbocycles. The van der Waals surface area contributed by atoms with E-state index in [-0.39, 0.29) is 23.7 Å². The van der Waals surface area contributed by atoms with Crippen molar-refractivity contribution in [3.63, 3.8) is 0 Å². The summed E-state index contributed by atoms with van der Waals surface area (Å²) in [5.74, 6) is -0.314. The number of carbonyl (C=O) groups excluding carboxylic acids is 2. The van der Waals surface area contributed by atoms with E-state index in [0.29, 0.717) is 12.3 Å². The molecular weight excluding hydrogens is 312 g/mol. The number of hydrogen-bond donors (Lipinski definition) is 2. The number of hydrogen-bond acceptors (Lipinski definition) is 2. The molecule has 0 bridgehead atoms. The van der Waals surface area contributed by atoms with Crippen molar-refractivity contribution in [1.29, 1.82) is 0 Å². The van der Waals surface area contributed by atoms with E-state index in [1.54, 1.807) is 0 Å². The molecule has 2 aromatic carbocycles. The zero-order valence-electron chi connectivity index (χ0n) is 14.9. The minimum Gasteiger partial charge on any atom is -0.326 e. The maximum absolute atomic E-state index is 12.6. The van der Waals surface area contributed by atoms with Crippen LogP contribution in [0.1, 0.15) is 37.3 Å². The summed E-state index contributed by atoms with van der Waals surface area (Å²) in [5, 5.41) is 5.93. The minimum absolute atomic E-state index is 0.0654. The first kappa shape index (κ1) is 17.2. The lowest BCUT2D eigenvalue weighted by molar-refractivity contribution is -0.122. The summed E-state index contributed by atoms with van der Waals surface area (Å²) in [5.41, 5.74) is 3.82. The Morgan fingerprint density at radius 1 is 0.920 bits per heavy atom. The second-order valence-corrected chi connectivity index (χ2v) is 6.99. The number of nitrogens with one attached hydrogen (secondary N) is 2. The maximum atomic E-state index is 12.6. The first-order chi connectivity index (χ1) is 12.0. The highest BCUT2D eigenvalue weighted by molar-refractivity contribution is 6.03. The van der Waals surface area contributed by atoms with Crippen molar-refractivity contribution in [1.82, 2.24) is 0 Å². The highest BCUT2D eigenvalue weighted by Crippen LogP contribution is 2.41. The van der Waals surface area contributed by atoms with Crippen molar-refractivity contribution < 1.29 is 9.59 Å². The van der Waals surface area contributed by atoms with E-state index in [1.807, 2.05) is 55.5 Å². The molecule has 0 aliphatic heterocycles. The Kier molecular flexibility index (Phi) is 4.88. The predicted molar refractivity (Wildman–Crippen MR) is 101 cm³/mol. The Bertz CT molecular complexity index is 784. The lowest BCUT2D eigenvalue weighted by Gasteiger charge is -2.16. The van der Waals surface area contributed by atoms with Gasteiger partial charge in [-0.15, -0.1) is 0 Å². The number of anilines is 2. The standard InChI is InChI=1S/C21H24N2O2/c1-13(2)16-11-7-8-14(3)19(16)23-21(25)18-12-17(18)20(24)22-15-9-5-4-6-10-15/h4-11,13,17-18H,12H2,1-3H3,(H,22,24)(H,23,25). The van der Waals surface area contributed by atoms with Crippen LogP contribution >= 0.6 is 0 Å². The zero-order chi connectivity index (χ0) is 18.0. The van der Waals surface area contributed by atoms with Crippen LogP contribution in [-0.2, 0) is 9.59 Å². The summed E-state index contributed by atoms with van der Waals surface area (Å²) in [6.45, 7) is 6.21. The van der Waals surface area contributed by atoms with Gasteiger partial charge in [-0.2, -0.15) is 0 Å². The average molecular weight is 336 g/mol. The third-order valence-corrected chi connectivity index (χ3v) is 4.68. The van der Waals surface area contributed by atoms with Gasteiger partial charge in [-0.1, -0.05) is 50.2 Å². The Morgan fingerprint density at radius 2 is 1.56 bits per heavy atom. The molecule has 1 fully saturated rings. The van der Waals surface area contributed by atoms with Crippen molar-refractivity contribution in [2.75, 3.05) is 10.6 Å². The van der Waals surface area contributed by atoms with E-state index in [0.717, 1.165) is 22.5 Å². The molecule has 0 saturated heterocycles. The highest BCUT2D eigenvalue weighted by Gasteiger charge is 2.48. The Hall–Kier alpha value is -2.62. The molecule has 2 N–H and O–H groups in total. The van der Waals surface area contributed by atoms with Gasteiger partial charge in [0.1, 0.15) is 0 Å². The van der Waals surface area contributed by atoms with E-state index >= 15 is 0 Å². The van der Waals surface area contributed by atoms with Gasteiger partial charge in [0.15, 0.2) is 0 Å². The van der Waals surface area contributed by atoms with Crippen LogP contribution in [0.5, 0.6) is 0 Å². The SMILES string of the molecule is Cc1cccc(C(C)C)c1NC(=O)C1CC1C(=O)Nc1ccccc1. The van der Waals surface area contributed by atoms with Gasteiger partial charge in [0.25, 0.3) is 0 Å². The molecule has 2 aromatic rings. The van der Waals surface area contributed by atoms with Gasteiger partial charge in [-0.05, 0) is 42.5 Å². The van der Waals surface area contributed by atoms with Gasteiger partial charge in [-0.3, -0.25) is 9.59 Å². The van der Waals surface area contributed by atoms with Crippen LogP contribution in [0.3, 0.4) is 0 Å². The average Bonchev–Trinajstić information content (AvgIpc) is 3.38. The Morgan fingerprint density at radius 3 is 2.20 bits per heavy atom. The second-order valence-electron chi connectivity index (χ2n) is 6.99. The van der Waals surface area contributed by atoms with Crippen LogP contribution in [0.25, 0.3) is 0 Å².